The molecule has 2 aromatic rings. The van der Waals surface area contributed by atoms with Crippen molar-refractivity contribution >= 4 is 15.9 Å². The summed E-state index contributed by atoms with van der Waals surface area (Å²) in [6, 6.07) is 1.89. The second-order valence-electron chi connectivity index (χ2n) is 4.75. The average Bonchev–Trinajstić information content (AvgIpc) is 2.83. The highest BCUT2D eigenvalue weighted by Gasteiger charge is 2.33. The standard InChI is InChI=1S/C12H13BrN4O2/c1-12(6-15-7-12)18-5-10-16-11(17-19-10)8-2-9(13)4-14-3-8/h2-4,15H,5-7H2,1H3. The summed E-state index contributed by atoms with van der Waals surface area (Å²) in [5.41, 5.74) is 0.687. The van der Waals surface area contributed by atoms with E-state index >= 15 is 0 Å². The lowest BCUT2D eigenvalue weighted by molar-refractivity contribution is -0.0841. The molecule has 1 fully saturated rings. The molecule has 1 saturated heterocycles. The van der Waals surface area contributed by atoms with Crippen LogP contribution in [0.4, 0.5) is 0 Å². The molecule has 7 heteroatoms. The molecule has 100 valence electrons. The molecule has 0 saturated carbocycles. The molecule has 3 rings (SSSR count). The zero-order valence-electron chi connectivity index (χ0n) is 10.4. The van der Waals surface area contributed by atoms with Crippen molar-refractivity contribution in [3.05, 3.63) is 28.8 Å². The van der Waals surface area contributed by atoms with E-state index in [9.17, 15) is 0 Å². The van der Waals surface area contributed by atoms with Gasteiger partial charge in [-0.25, -0.2) is 0 Å². The van der Waals surface area contributed by atoms with E-state index in [0.717, 1.165) is 23.1 Å². The van der Waals surface area contributed by atoms with Gasteiger partial charge in [-0.1, -0.05) is 5.16 Å². The Morgan fingerprint density at radius 1 is 1.47 bits per heavy atom. The van der Waals surface area contributed by atoms with Crippen molar-refractivity contribution in [2.75, 3.05) is 13.1 Å². The lowest BCUT2D eigenvalue weighted by atomic mass is 10.0. The third-order valence-electron chi connectivity index (χ3n) is 2.97. The van der Waals surface area contributed by atoms with Gasteiger partial charge >= 0.3 is 0 Å². The fourth-order valence-electron chi connectivity index (χ4n) is 1.78. The van der Waals surface area contributed by atoms with Crippen molar-refractivity contribution in [1.29, 1.82) is 0 Å². The Balaban J connectivity index is 1.69. The van der Waals surface area contributed by atoms with Crippen molar-refractivity contribution in [3.63, 3.8) is 0 Å². The molecule has 0 amide bonds. The Bertz CT molecular complexity index is 583. The first-order valence-electron chi connectivity index (χ1n) is 5.93. The first kappa shape index (κ1) is 12.7. The maximum absolute atomic E-state index is 5.74. The molecule has 0 spiro atoms. The topological polar surface area (TPSA) is 73.1 Å². The van der Waals surface area contributed by atoms with Gasteiger partial charge in [0.1, 0.15) is 6.61 Å². The van der Waals surface area contributed by atoms with Crippen molar-refractivity contribution in [3.8, 4) is 11.4 Å². The number of aromatic nitrogens is 3. The fraction of sp³-hybridized carbons (Fsp3) is 0.417. The van der Waals surface area contributed by atoms with E-state index in [4.69, 9.17) is 9.26 Å². The van der Waals surface area contributed by atoms with E-state index in [-0.39, 0.29) is 5.60 Å². The number of hydrogen-bond donors (Lipinski definition) is 1. The van der Waals surface area contributed by atoms with Gasteiger partial charge in [0.2, 0.25) is 5.82 Å². The minimum absolute atomic E-state index is 0.119. The van der Waals surface area contributed by atoms with Crippen LogP contribution in [0.2, 0.25) is 0 Å². The van der Waals surface area contributed by atoms with Gasteiger partial charge in [-0.2, -0.15) is 4.98 Å². The van der Waals surface area contributed by atoms with E-state index in [1.165, 1.54) is 0 Å². The zero-order chi connectivity index (χ0) is 13.3. The van der Waals surface area contributed by atoms with Gasteiger partial charge in [0.05, 0.1) is 5.60 Å². The highest BCUT2D eigenvalue weighted by atomic mass is 79.9. The first-order chi connectivity index (χ1) is 9.15. The molecular formula is C12H13BrN4O2. The summed E-state index contributed by atoms with van der Waals surface area (Å²) in [6.45, 7) is 4.08. The summed E-state index contributed by atoms with van der Waals surface area (Å²) in [5.74, 6) is 0.993. The van der Waals surface area contributed by atoms with Crippen LogP contribution in [0.25, 0.3) is 11.4 Å². The molecule has 19 heavy (non-hydrogen) atoms. The summed E-state index contributed by atoms with van der Waals surface area (Å²) >= 11 is 3.36. The quantitative estimate of drug-likeness (QED) is 0.924. The molecule has 2 aromatic heterocycles. The number of nitrogens with one attached hydrogen (secondary N) is 1. The molecule has 0 radical (unpaired) electrons. The molecular weight excluding hydrogens is 312 g/mol. The largest absolute Gasteiger partial charge is 0.363 e. The van der Waals surface area contributed by atoms with Crippen LogP contribution in [0, 0.1) is 0 Å². The van der Waals surface area contributed by atoms with Gasteiger partial charge in [0, 0.05) is 35.5 Å². The summed E-state index contributed by atoms with van der Waals surface area (Å²) in [5, 5.41) is 7.10. The third kappa shape index (κ3) is 2.83. The van der Waals surface area contributed by atoms with E-state index in [1.807, 2.05) is 6.07 Å². The normalized spacial score (nSPS) is 17.2. The van der Waals surface area contributed by atoms with Crippen LogP contribution in [-0.2, 0) is 11.3 Å². The predicted octanol–water partition coefficient (Wildman–Crippen LogP) is 1.77. The fourth-order valence-corrected chi connectivity index (χ4v) is 2.14. The van der Waals surface area contributed by atoms with Crippen molar-refractivity contribution in [2.24, 2.45) is 0 Å². The van der Waals surface area contributed by atoms with E-state index in [1.54, 1.807) is 12.4 Å². The van der Waals surface area contributed by atoms with E-state index in [0.29, 0.717) is 18.3 Å². The maximum atomic E-state index is 5.74. The molecule has 0 aromatic carbocycles. The van der Waals surface area contributed by atoms with Crippen LogP contribution >= 0.6 is 15.9 Å². The van der Waals surface area contributed by atoms with Crippen molar-refractivity contribution in [1.82, 2.24) is 20.4 Å². The van der Waals surface area contributed by atoms with Gasteiger partial charge in [-0.05, 0) is 28.9 Å². The zero-order valence-corrected chi connectivity index (χ0v) is 12.0. The van der Waals surface area contributed by atoms with Crippen LogP contribution in [0.5, 0.6) is 0 Å². The molecule has 1 aliphatic heterocycles. The lowest BCUT2D eigenvalue weighted by Gasteiger charge is -2.38. The SMILES string of the molecule is CC1(OCc2nc(-c3cncc(Br)c3)no2)CNC1. The molecule has 0 aliphatic carbocycles. The summed E-state index contributed by atoms with van der Waals surface area (Å²) in [4.78, 5) is 8.37. The molecule has 0 unspecified atom stereocenters. The predicted molar refractivity (Wildman–Crippen MR) is 71.3 cm³/mol. The van der Waals surface area contributed by atoms with E-state index < -0.39 is 0 Å². The highest BCUT2D eigenvalue weighted by molar-refractivity contribution is 9.10. The van der Waals surface area contributed by atoms with Crippen LogP contribution in [0.15, 0.2) is 27.5 Å². The molecule has 3 heterocycles. The lowest BCUT2D eigenvalue weighted by Crippen LogP contribution is -2.58. The Kier molecular flexibility index (Phi) is 3.34. The van der Waals surface area contributed by atoms with Gasteiger partial charge in [0.15, 0.2) is 0 Å². The second kappa shape index (κ2) is 4.99. The Morgan fingerprint density at radius 3 is 3.00 bits per heavy atom. The minimum atomic E-state index is -0.119. The van der Waals surface area contributed by atoms with Gasteiger partial charge < -0.3 is 14.6 Å². The monoisotopic (exact) mass is 324 g/mol. The average molecular weight is 325 g/mol. The van der Waals surface area contributed by atoms with Crippen LogP contribution in [0.3, 0.4) is 0 Å². The van der Waals surface area contributed by atoms with Crippen molar-refractivity contribution in [2.45, 2.75) is 19.1 Å². The number of rotatable bonds is 4. The van der Waals surface area contributed by atoms with Crippen LogP contribution in [0.1, 0.15) is 12.8 Å². The Hall–Kier alpha value is -1.31. The Morgan fingerprint density at radius 2 is 2.32 bits per heavy atom. The molecule has 0 atom stereocenters. The van der Waals surface area contributed by atoms with Crippen molar-refractivity contribution < 1.29 is 9.26 Å². The van der Waals surface area contributed by atoms with Gasteiger partial charge in [0.25, 0.3) is 5.89 Å². The van der Waals surface area contributed by atoms with Gasteiger partial charge in [-0.3, -0.25) is 4.98 Å². The van der Waals surface area contributed by atoms with Crippen LogP contribution in [-0.4, -0.2) is 33.8 Å². The number of ether oxygens (including phenoxy) is 1. The summed E-state index contributed by atoms with van der Waals surface area (Å²) < 4.78 is 11.8. The minimum Gasteiger partial charge on any atom is -0.363 e. The number of nitrogens with zero attached hydrogens (tertiary/aromatic N) is 3. The molecule has 1 N–H and O–H groups in total. The molecule has 6 nitrogen and oxygen atoms in total. The summed E-state index contributed by atoms with van der Waals surface area (Å²) in [7, 11) is 0. The first-order valence-corrected chi connectivity index (χ1v) is 6.72. The third-order valence-corrected chi connectivity index (χ3v) is 3.41. The Labute approximate surface area is 118 Å². The summed E-state index contributed by atoms with van der Waals surface area (Å²) in [6.07, 6.45) is 3.40. The number of hydrogen-bond acceptors (Lipinski definition) is 6. The smallest absolute Gasteiger partial charge is 0.252 e. The maximum Gasteiger partial charge on any atom is 0.252 e. The second-order valence-corrected chi connectivity index (χ2v) is 5.66. The number of pyridine rings is 1. The number of halogens is 1. The van der Waals surface area contributed by atoms with Crippen LogP contribution < -0.4 is 5.32 Å². The van der Waals surface area contributed by atoms with Gasteiger partial charge in [-0.15, -0.1) is 0 Å². The van der Waals surface area contributed by atoms with E-state index in [2.05, 4.69) is 43.3 Å². The molecule has 0 bridgehead atoms. The molecule has 1 aliphatic rings. The highest BCUT2D eigenvalue weighted by Crippen LogP contribution is 2.21.